The first kappa shape index (κ1) is 12.0. The fourth-order valence-electron chi connectivity index (χ4n) is 1.09. The van der Waals surface area contributed by atoms with E-state index in [1.165, 1.54) is 6.92 Å². The molecule has 1 N–H and O–H groups in total. The molecule has 1 amide bonds. The molecule has 0 unspecified atom stereocenters. The maximum Gasteiger partial charge on any atom is 0.244 e. The van der Waals surface area contributed by atoms with Crippen LogP contribution in [0.25, 0.3) is 0 Å². The lowest BCUT2D eigenvalue weighted by molar-refractivity contribution is -0.299. The molecule has 4 heteroatoms. The quantitative estimate of drug-likeness (QED) is 0.723. The van der Waals surface area contributed by atoms with E-state index in [2.05, 4.69) is 5.32 Å². The summed E-state index contributed by atoms with van der Waals surface area (Å²) in [6, 6.07) is 9.35. The Balaban J connectivity index is 2.48. The lowest BCUT2D eigenvalue weighted by Crippen LogP contribution is -2.26. The van der Waals surface area contributed by atoms with Crippen LogP contribution >= 0.6 is 0 Å². The van der Waals surface area contributed by atoms with Crippen molar-refractivity contribution in [1.82, 2.24) is 5.32 Å². The molecular formula is C12H12NO3-. The number of benzene rings is 1. The predicted molar refractivity (Wildman–Crippen MR) is 57.1 cm³/mol. The van der Waals surface area contributed by atoms with Crippen molar-refractivity contribution >= 4 is 11.9 Å². The Labute approximate surface area is 93.6 Å². The molecule has 0 spiro atoms. The van der Waals surface area contributed by atoms with E-state index in [0.717, 1.165) is 11.6 Å². The fraction of sp³-hybridized carbons (Fsp3) is 0.167. The molecule has 16 heavy (non-hydrogen) atoms. The molecule has 0 aliphatic heterocycles. The highest BCUT2D eigenvalue weighted by molar-refractivity contribution is 5.96. The van der Waals surface area contributed by atoms with Crippen molar-refractivity contribution in [3.63, 3.8) is 0 Å². The van der Waals surface area contributed by atoms with E-state index >= 15 is 0 Å². The van der Waals surface area contributed by atoms with Gasteiger partial charge in [0.05, 0.1) is 5.97 Å². The minimum Gasteiger partial charge on any atom is -0.545 e. The van der Waals surface area contributed by atoms with Gasteiger partial charge >= 0.3 is 0 Å². The summed E-state index contributed by atoms with van der Waals surface area (Å²) in [5.41, 5.74) is 0.862. The van der Waals surface area contributed by atoms with Crippen LogP contribution in [-0.4, -0.2) is 11.9 Å². The van der Waals surface area contributed by atoms with Gasteiger partial charge < -0.3 is 15.2 Å². The van der Waals surface area contributed by atoms with E-state index in [4.69, 9.17) is 0 Å². The summed E-state index contributed by atoms with van der Waals surface area (Å²) in [5.74, 6) is -1.78. The number of amides is 1. The van der Waals surface area contributed by atoms with Crippen LogP contribution in [0.5, 0.6) is 0 Å². The molecule has 0 aliphatic carbocycles. The third-order valence-electron chi connectivity index (χ3n) is 1.98. The Morgan fingerprint density at radius 3 is 2.50 bits per heavy atom. The number of nitrogens with one attached hydrogen (secondary N) is 1. The minimum absolute atomic E-state index is 0.0921. The topological polar surface area (TPSA) is 69.2 Å². The molecule has 0 aliphatic rings. The summed E-state index contributed by atoms with van der Waals surface area (Å²) in [6.07, 6.45) is 1.01. The molecule has 0 fully saturated rings. The van der Waals surface area contributed by atoms with Crippen molar-refractivity contribution in [3.8, 4) is 0 Å². The maximum atomic E-state index is 11.3. The van der Waals surface area contributed by atoms with Gasteiger partial charge in [-0.15, -0.1) is 0 Å². The minimum atomic E-state index is -1.34. The van der Waals surface area contributed by atoms with Crippen LogP contribution in [0, 0.1) is 0 Å². The number of hydrogen-bond donors (Lipinski definition) is 1. The standard InChI is InChI=1S/C12H13NO3/c1-9(12(15)16)7-11(14)13-8-10-5-3-2-4-6-10/h2-7H,8H2,1H3,(H,13,14)(H,15,16)/p-1/b9-7-. The van der Waals surface area contributed by atoms with Crippen molar-refractivity contribution < 1.29 is 14.7 Å². The Bertz CT molecular complexity index is 410. The summed E-state index contributed by atoms with van der Waals surface area (Å²) >= 11 is 0. The summed E-state index contributed by atoms with van der Waals surface area (Å²) in [6.45, 7) is 1.69. The van der Waals surface area contributed by atoms with Gasteiger partial charge in [0.1, 0.15) is 0 Å². The number of carbonyl (C=O) groups is 2. The molecule has 0 saturated heterocycles. The number of hydrogen-bond acceptors (Lipinski definition) is 3. The van der Waals surface area contributed by atoms with E-state index in [-0.39, 0.29) is 5.57 Å². The molecule has 4 nitrogen and oxygen atoms in total. The largest absolute Gasteiger partial charge is 0.545 e. The molecule has 0 bridgehead atoms. The lowest BCUT2D eigenvalue weighted by Gasteiger charge is -2.04. The van der Waals surface area contributed by atoms with Crippen LogP contribution in [0.15, 0.2) is 42.0 Å². The first-order valence-corrected chi connectivity index (χ1v) is 4.81. The number of carbonyl (C=O) groups excluding carboxylic acids is 2. The molecule has 0 atom stereocenters. The third-order valence-corrected chi connectivity index (χ3v) is 1.98. The Kier molecular flexibility index (Phi) is 4.27. The van der Waals surface area contributed by atoms with Gasteiger partial charge in [0.25, 0.3) is 0 Å². The van der Waals surface area contributed by atoms with Crippen molar-refractivity contribution in [1.29, 1.82) is 0 Å². The summed E-state index contributed by atoms with van der Waals surface area (Å²) in [7, 11) is 0. The molecular weight excluding hydrogens is 206 g/mol. The van der Waals surface area contributed by atoms with Gasteiger partial charge in [-0.1, -0.05) is 30.3 Å². The number of carboxylic acids is 1. The molecule has 0 heterocycles. The Hall–Kier alpha value is -2.10. The van der Waals surface area contributed by atoms with Crippen LogP contribution in [0.4, 0.5) is 0 Å². The van der Waals surface area contributed by atoms with E-state index in [1.54, 1.807) is 0 Å². The fourth-order valence-corrected chi connectivity index (χ4v) is 1.09. The molecule has 1 aromatic carbocycles. The summed E-state index contributed by atoms with van der Waals surface area (Å²) < 4.78 is 0. The zero-order valence-corrected chi connectivity index (χ0v) is 8.90. The van der Waals surface area contributed by atoms with Gasteiger partial charge in [0.15, 0.2) is 0 Å². The first-order valence-electron chi connectivity index (χ1n) is 4.81. The van der Waals surface area contributed by atoms with Crippen molar-refractivity contribution in [3.05, 3.63) is 47.5 Å². The molecule has 0 aromatic heterocycles. The van der Waals surface area contributed by atoms with Gasteiger partial charge in [0.2, 0.25) is 5.91 Å². The van der Waals surface area contributed by atoms with Crippen LogP contribution in [0.1, 0.15) is 12.5 Å². The molecule has 1 rings (SSSR count). The van der Waals surface area contributed by atoms with Crippen LogP contribution < -0.4 is 10.4 Å². The van der Waals surface area contributed by atoms with Crippen LogP contribution in [0.3, 0.4) is 0 Å². The Morgan fingerprint density at radius 2 is 1.94 bits per heavy atom. The van der Waals surface area contributed by atoms with E-state index < -0.39 is 11.9 Å². The van der Waals surface area contributed by atoms with Crippen LogP contribution in [-0.2, 0) is 16.1 Å². The lowest BCUT2D eigenvalue weighted by atomic mass is 10.2. The van der Waals surface area contributed by atoms with E-state index in [9.17, 15) is 14.7 Å². The monoisotopic (exact) mass is 218 g/mol. The highest BCUT2D eigenvalue weighted by Gasteiger charge is 1.98. The second kappa shape index (κ2) is 5.70. The first-order chi connectivity index (χ1) is 7.59. The smallest absolute Gasteiger partial charge is 0.244 e. The second-order valence-electron chi connectivity index (χ2n) is 3.32. The molecule has 1 aromatic rings. The van der Waals surface area contributed by atoms with Gasteiger partial charge in [-0.25, -0.2) is 0 Å². The normalized spacial score (nSPS) is 10.9. The predicted octanol–water partition coefficient (Wildman–Crippen LogP) is -0.00100. The van der Waals surface area contributed by atoms with Crippen molar-refractivity contribution in [2.24, 2.45) is 0 Å². The van der Waals surface area contributed by atoms with E-state index in [1.807, 2.05) is 30.3 Å². The average Bonchev–Trinajstić information content (AvgIpc) is 2.27. The number of aliphatic carboxylic acids is 1. The molecule has 0 saturated carbocycles. The number of carboxylic acid groups (broad SMARTS) is 1. The van der Waals surface area contributed by atoms with Crippen molar-refractivity contribution in [2.75, 3.05) is 0 Å². The summed E-state index contributed by atoms with van der Waals surface area (Å²) in [5, 5.41) is 12.9. The molecule has 84 valence electrons. The highest BCUT2D eigenvalue weighted by Crippen LogP contribution is 1.97. The zero-order chi connectivity index (χ0) is 12.0. The highest BCUT2D eigenvalue weighted by atomic mass is 16.4. The second-order valence-corrected chi connectivity index (χ2v) is 3.32. The van der Waals surface area contributed by atoms with Crippen molar-refractivity contribution in [2.45, 2.75) is 13.5 Å². The SMILES string of the molecule is C/C(=C/C(=O)NCc1ccccc1)C(=O)[O-]. The van der Waals surface area contributed by atoms with Gasteiger partial charge in [-0.2, -0.15) is 0 Å². The van der Waals surface area contributed by atoms with E-state index in [0.29, 0.717) is 6.54 Å². The third kappa shape index (κ3) is 3.96. The average molecular weight is 218 g/mol. The van der Waals surface area contributed by atoms with Crippen LogP contribution in [0.2, 0.25) is 0 Å². The van der Waals surface area contributed by atoms with Gasteiger partial charge in [-0.3, -0.25) is 4.79 Å². The molecule has 0 radical (unpaired) electrons. The van der Waals surface area contributed by atoms with Gasteiger partial charge in [-0.05, 0) is 18.1 Å². The Morgan fingerprint density at radius 1 is 1.31 bits per heavy atom. The maximum absolute atomic E-state index is 11.3. The zero-order valence-electron chi connectivity index (χ0n) is 8.90. The number of rotatable bonds is 4. The summed E-state index contributed by atoms with van der Waals surface area (Å²) in [4.78, 5) is 21.6. The van der Waals surface area contributed by atoms with Gasteiger partial charge in [0, 0.05) is 12.6 Å².